The van der Waals surface area contributed by atoms with Gasteiger partial charge in [0.05, 0.1) is 17.0 Å². The molecule has 13 heteroatoms. The summed E-state index contributed by atoms with van der Waals surface area (Å²) < 4.78 is 66.0. The molecule has 0 amide bonds. The summed E-state index contributed by atoms with van der Waals surface area (Å²) in [6.07, 6.45) is -4.09. The van der Waals surface area contributed by atoms with E-state index in [1.807, 2.05) is 0 Å². The van der Waals surface area contributed by atoms with Crippen molar-refractivity contribution in [3.8, 4) is 17.1 Å². The molecule has 0 fully saturated rings. The lowest BCUT2D eigenvalue weighted by molar-refractivity contribution is -0.137. The molecule has 1 aromatic carbocycles. The van der Waals surface area contributed by atoms with E-state index in [0.29, 0.717) is 30.9 Å². The van der Waals surface area contributed by atoms with Crippen LogP contribution < -0.4 is 5.69 Å². The highest BCUT2D eigenvalue weighted by Crippen LogP contribution is 2.30. The molecule has 3 heterocycles. The Morgan fingerprint density at radius 1 is 1.03 bits per heavy atom. The van der Waals surface area contributed by atoms with Crippen LogP contribution in [0.3, 0.4) is 0 Å². The molecule has 4 rings (SSSR count). The van der Waals surface area contributed by atoms with Gasteiger partial charge in [0.25, 0.3) is 0 Å². The lowest BCUT2D eigenvalue weighted by atomic mass is 10.1. The van der Waals surface area contributed by atoms with Gasteiger partial charge >= 0.3 is 11.9 Å². The first kappa shape index (κ1) is 23.3. The fourth-order valence-corrected chi connectivity index (χ4v) is 4.65. The standard InChI is InChI=1S/C20H13Cl2F3N4O3S/c1-2-33(31,32)16-5-4-15(11-7-13(21)9-14(22)8-11)26-18(16)29-19(30)28-10-12(20(23,24)25)3-6-17(28)27-29/h3-10H,2H2,1H3. The summed E-state index contributed by atoms with van der Waals surface area (Å²) in [5, 5.41) is 4.61. The van der Waals surface area contributed by atoms with Gasteiger partial charge < -0.3 is 0 Å². The Bertz CT molecular complexity index is 1540. The van der Waals surface area contributed by atoms with Gasteiger partial charge in [0.15, 0.2) is 21.3 Å². The Labute approximate surface area is 194 Å². The van der Waals surface area contributed by atoms with Crippen molar-refractivity contribution in [1.82, 2.24) is 19.2 Å². The number of rotatable bonds is 4. The first-order valence-electron chi connectivity index (χ1n) is 9.30. The van der Waals surface area contributed by atoms with Gasteiger partial charge in [0, 0.05) is 21.8 Å². The van der Waals surface area contributed by atoms with Crippen molar-refractivity contribution in [2.75, 3.05) is 5.75 Å². The number of fused-ring (bicyclic) bond motifs is 1. The van der Waals surface area contributed by atoms with Gasteiger partial charge in [-0.25, -0.2) is 22.6 Å². The fraction of sp³-hybridized carbons (Fsp3) is 0.150. The molecule has 0 aliphatic carbocycles. The van der Waals surface area contributed by atoms with Crippen LogP contribution in [0.2, 0.25) is 10.0 Å². The molecular weight excluding hydrogens is 504 g/mol. The van der Waals surface area contributed by atoms with Crippen LogP contribution in [0.1, 0.15) is 12.5 Å². The van der Waals surface area contributed by atoms with Gasteiger partial charge in [-0.2, -0.15) is 17.9 Å². The molecule has 7 nitrogen and oxygen atoms in total. The van der Waals surface area contributed by atoms with Crippen LogP contribution in [0.5, 0.6) is 0 Å². The summed E-state index contributed by atoms with van der Waals surface area (Å²) in [6.45, 7) is 1.41. The maximum Gasteiger partial charge on any atom is 0.417 e. The van der Waals surface area contributed by atoms with E-state index in [2.05, 4.69) is 10.1 Å². The second-order valence-electron chi connectivity index (χ2n) is 6.92. The number of hydrogen-bond acceptors (Lipinski definition) is 5. The van der Waals surface area contributed by atoms with Gasteiger partial charge in [-0.15, -0.1) is 5.10 Å². The predicted octanol–water partition coefficient (Wildman–Crippen LogP) is 4.67. The van der Waals surface area contributed by atoms with Crippen LogP contribution in [0.25, 0.3) is 22.7 Å². The number of aromatic nitrogens is 4. The summed E-state index contributed by atoms with van der Waals surface area (Å²) in [5.41, 5.74) is -1.54. The number of pyridine rings is 2. The summed E-state index contributed by atoms with van der Waals surface area (Å²) in [7, 11) is -3.88. The Kier molecular flexibility index (Phi) is 5.75. The van der Waals surface area contributed by atoms with Crippen LogP contribution >= 0.6 is 23.2 Å². The van der Waals surface area contributed by atoms with Gasteiger partial charge in [-0.1, -0.05) is 30.1 Å². The van der Waals surface area contributed by atoms with E-state index < -0.39 is 27.3 Å². The predicted molar refractivity (Wildman–Crippen MR) is 117 cm³/mol. The lowest BCUT2D eigenvalue weighted by Gasteiger charge is -2.10. The van der Waals surface area contributed by atoms with E-state index in [1.165, 1.54) is 37.3 Å². The van der Waals surface area contributed by atoms with Crippen molar-refractivity contribution < 1.29 is 21.6 Å². The Hall–Kier alpha value is -2.89. The second-order valence-corrected chi connectivity index (χ2v) is 10.0. The number of benzene rings is 1. The van der Waals surface area contributed by atoms with Crippen molar-refractivity contribution in [2.45, 2.75) is 18.0 Å². The Morgan fingerprint density at radius 3 is 2.30 bits per heavy atom. The van der Waals surface area contributed by atoms with Crippen LogP contribution in [0.4, 0.5) is 13.2 Å². The third-order valence-corrected chi connectivity index (χ3v) is 6.94. The van der Waals surface area contributed by atoms with Gasteiger partial charge in [-0.05, 0) is 42.5 Å². The Balaban J connectivity index is 2.01. The SMILES string of the molecule is CCS(=O)(=O)c1ccc(-c2cc(Cl)cc(Cl)c2)nc1-n1nc2ccc(C(F)(F)F)cn2c1=O. The second kappa shape index (κ2) is 8.15. The van der Waals surface area contributed by atoms with Gasteiger partial charge in [-0.3, -0.25) is 0 Å². The molecule has 0 saturated carbocycles. The number of sulfone groups is 1. The molecule has 3 aromatic heterocycles. The van der Waals surface area contributed by atoms with Crippen molar-refractivity contribution in [3.05, 3.63) is 74.8 Å². The largest absolute Gasteiger partial charge is 0.417 e. The third kappa shape index (κ3) is 4.35. The van der Waals surface area contributed by atoms with Crippen molar-refractivity contribution in [1.29, 1.82) is 0 Å². The molecule has 172 valence electrons. The number of halogens is 5. The zero-order valence-corrected chi connectivity index (χ0v) is 19.0. The van der Waals surface area contributed by atoms with Crippen molar-refractivity contribution >= 4 is 38.7 Å². The van der Waals surface area contributed by atoms with Crippen LogP contribution in [-0.2, 0) is 16.0 Å². The average Bonchev–Trinajstić information content (AvgIpc) is 3.08. The van der Waals surface area contributed by atoms with Crippen molar-refractivity contribution in [2.24, 2.45) is 0 Å². The zero-order valence-electron chi connectivity index (χ0n) is 16.6. The van der Waals surface area contributed by atoms with E-state index in [9.17, 15) is 26.4 Å². The highest BCUT2D eigenvalue weighted by Gasteiger charge is 2.31. The molecule has 0 saturated heterocycles. The highest BCUT2D eigenvalue weighted by atomic mass is 35.5. The van der Waals surface area contributed by atoms with Gasteiger partial charge in [0.2, 0.25) is 0 Å². The minimum Gasteiger partial charge on any atom is -0.249 e. The monoisotopic (exact) mass is 516 g/mol. The molecule has 0 bridgehead atoms. The minimum atomic E-state index is -4.68. The van der Waals surface area contributed by atoms with E-state index in [-0.39, 0.29) is 27.8 Å². The average molecular weight is 517 g/mol. The molecular formula is C20H13Cl2F3N4O3S. The van der Waals surface area contributed by atoms with Crippen LogP contribution in [-0.4, -0.2) is 33.3 Å². The summed E-state index contributed by atoms with van der Waals surface area (Å²) in [5.74, 6) is -0.655. The highest BCUT2D eigenvalue weighted by molar-refractivity contribution is 7.91. The number of alkyl halides is 3. The van der Waals surface area contributed by atoms with E-state index in [1.54, 1.807) is 0 Å². The summed E-state index contributed by atoms with van der Waals surface area (Å²) >= 11 is 12.1. The van der Waals surface area contributed by atoms with E-state index in [0.717, 1.165) is 12.1 Å². The number of hydrogen-bond donors (Lipinski definition) is 0. The molecule has 0 aliphatic rings. The maximum atomic E-state index is 13.1. The quantitative estimate of drug-likeness (QED) is 0.393. The minimum absolute atomic E-state index is 0.120. The molecule has 0 spiro atoms. The van der Waals surface area contributed by atoms with Crippen molar-refractivity contribution in [3.63, 3.8) is 0 Å². The van der Waals surface area contributed by atoms with E-state index in [4.69, 9.17) is 23.2 Å². The maximum absolute atomic E-state index is 13.1. The molecule has 0 atom stereocenters. The molecule has 0 aliphatic heterocycles. The smallest absolute Gasteiger partial charge is 0.249 e. The Morgan fingerprint density at radius 2 is 1.70 bits per heavy atom. The summed E-state index contributed by atoms with van der Waals surface area (Å²) in [4.78, 5) is 17.0. The third-order valence-electron chi connectivity index (χ3n) is 4.76. The molecule has 0 radical (unpaired) electrons. The summed E-state index contributed by atoms with van der Waals surface area (Å²) in [6, 6.07) is 9.02. The fourth-order valence-electron chi connectivity index (χ4n) is 3.13. The first-order chi connectivity index (χ1) is 15.4. The van der Waals surface area contributed by atoms with E-state index >= 15 is 0 Å². The first-order valence-corrected chi connectivity index (χ1v) is 11.7. The normalized spacial score (nSPS) is 12.4. The molecule has 0 N–H and O–H groups in total. The van der Waals surface area contributed by atoms with Gasteiger partial charge in [0.1, 0.15) is 4.90 Å². The van der Waals surface area contributed by atoms with Crippen LogP contribution in [0, 0.1) is 0 Å². The molecule has 4 aromatic rings. The molecule has 33 heavy (non-hydrogen) atoms. The van der Waals surface area contributed by atoms with Crippen LogP contribution in [0.15, 0.2) is 58.4 Å². The zero-order chi connectivity index (χ0) is 24.1. The topological polar surface area (TPSA) is 86.3 Å². The number of nitrogens with zero attached hydrogens (tertiary/aromatic N) is 4. The molecule has 0 unspecified atom stereocenters. The lowest BCUT2D eigenvalue weighted by Crippen LogP contribution is -2.23.